The van der Waals surface area contributed by atoms with Gasteiger partial charge in [-0.2, -0.15) is 15.0 Å². The first-order chi connectivity index (χ1) is 32.4. The number of nitrogens with one attached hydrogen (secondary N) is 3. The van der Waals surface area contributed by atoms with Crippen LogP contribution in [0.5, 0.6) is 11.8 Å². The monoisotopic (exact) mass is 1040 g/mol. The fourth-order valence-corrected chi connectivity index (χ4v) is 9.01. The molecule has 2 amide bonds. The number of nitrogens with zero attached hydrogens (tertiary/aromatic N) is 7. The van der Waals surface area contributed by atoms with E-state index >= 15 is 0 Å². The van der Waals surface area contributed by atoms with Gasteiger partial charge < -0.3 is 29.7 Å². The summed E-state index contributed by atoms with van der Waals surface area (Å²) in [6.07, 6.45) is 3.50. The third-order valence-corrected chi connectivity index (χ3v) is 12.7. The second-order valence-electron chi connectivity index (χ2n) is 13.3. The average Bonchev–Trinajstić information content (AvgIpc) is 3.63. The number of carboxylic acid groups (broad SMARTS) is 2. The van der Waals surface area contributed by atoms with Crippen molar-refractivity contribution in [2.75, 3.05) is 43.8 Å². The van der Waals surface area contributed by atoms with Crippen LogP contribution in [0.3, 0.4) is 0 Å². The number of rotatable bonds is 14. The van der Waals surface area contributed by atoms with Gasteiger partial charge in [-0.3, -0.25) is 24.6 Å². The van der Waals surface area contributed by atoms with Crippen molar-refractivity contribution in [1.82, 2.24) is 34.0 Å². The highest BCUT2D eigenvalue weighted by atomic mass is 35.5. The molecule has 0 spiro atoms. The molecule has 0 aliphatic carbocycles. The molecule has 0 bridgehead atoms. The molecule has 1 aliphatic rings. The molecule has 28 heteroatoms. The third-order valence-electron chi connectivity index (χ3n) is 8.68. The Hall–Kier alpha value is -6.87. The molecule has 0 atom stereocenters. The molecule has 4 heterocycles. The molecule has 0 fully saturated rings. The second kappa shape index (κ2) is 24.2. The number of hydrogen-bond acceptors (Lipinski definition) is 18. The second-order valence-corrected chi connectivity index (χ2v) is 17.7. The maximum absolute atomic E-state index is 14.3. The molecule has 0 radical (unpaired) electrons. The number of benzene rings is 3. The van der Waals surface area contributed by atoms with Gasteiger partial charge in [0.25, 0.3) is 10.0 Å². The first-order valence-corrected chi connectivity index (χ1v) is 23.6. The summed E-state index contributed by atoms with van der Waals surface area (Å²) in [5.41, 5.74) is 0.171. The molecule has 3 aromatic carbocycles. The van der Waals surface area contributed by atoms with Crippen molar-refractivity contribution < 1.29 is 56.4 Å². The van der Waals surface area contributed by atoms with Gasteiger partial charge in [-0.05, 0) is 79.6 Å². The third kappa shape index (κ3) is 14.1. The van der Waals surface area contributed by atoms with E-state index in [-0.39, 0.29) is 45.8 Å². The number of aliphatic carboxylic acids is 1. The number of urea groups is 1. The summed E-state index contributed by atoms with van der Waals surface area (Å²) in [6.45, 7) is 2.90. The molecule has 0 saturated carbocycles. The van der Waals surface area contributed by atoms with Gasteiger partial charge in [-0.1, -0.05) is 35.3 Å². The van der Waals surface area contributed by atoms with Crippen molar-refractivity contribution in [3.63, 3.8) is 0 Å². The Balaban J connectivity index is 0.000000197. The summed E-state index contributed by atoms with van der Waals surface area (Å²) in [5.74, 6) is -3.16. The molecular weight excluding hydrogens is 999 g/mol. The zero-order chi connectivity index (χ0) is 49.5. The molecular formula is C40H39Cl2FN10O12S3. The van der Waals surface area contributed by atoms with E-state index in [1.165, 1.54) is 32.4 Å². The van der Waals surface area contributed by atoms with E-state index in [0.29, 0.717) is 39.1 Å². The van der Waals surface area contributed by atoms with E-state index in [2.05, 4.69) is 40.3 Å². The minimum absolute atomic E-state index is 0.0605. The summed E-state index contributed by atoms with van der Waals surface area (Å²) in [5, 5.41) is 23.9. The largest absolute Gasteiger partial charge is 0.480 e. The van der Waals surface area contributed by atoms with Crippen LogP contribution in [-0.2, 0) is 37.4 Å². The number of anilines is 2. The van der Waals surface area contributed by atoms with Crippen molar-refractivity contribution in [3.8, 4) is 11.8 Å². The number of aromatic carboxylic acids is 1. The van der Waals surface area contributed by atoms with Crippen LogP contribution in [-0.4, -0.2) is 105 Å². The van der Waals surface area contributed by atoms with Crippen molar-refractivity contribution in [3.05, 3.63) is 103 Å². The SMILES string of the molecule is CCOc1nc(NC)nc(NC(=O)NS(=O)(=O)c2ccccc2C(=O)O)n1.COC(=O)CSc1cc(N=c2sc(=O)n3n2CCCC3)c(F)cc1Cl.O=C(O)COc1ccc(Cl)c2cccnc12. The van der Waals surface area contributed by atoms with Crippen LogP contribution in [0.1, 0.15) is 30.1 Å². The molecule has 7 rings (SSSR count). The number of ether oxygens (including phenoxy) is 3. The zero-order valence-electron chi connectivity index (χ0n) is 35.8. The number of carboxylic acids is 2. The Bertz CT molecular complexity index is 3080. The number of aromatic nitrogens is 6. The van der Waals surface area contributed by atoms with Crippen LogP contribution in [0, 0.1) is 5.82 Å². The van der Waals surface area contributed by atoms with Gasteiger partial charge in [-0.25, -0.2) is 41.6 Å². The first-order valence-electron chi connectivity index (χ1n) is 19.6. The predicted molar refractivity (Wildman–Crippen MR) is 248 cm³/mol. The maximum Gasteiger partial charge on any atom is 0.341 e. The normalized spacial score (nSPS) is 12.0. The molecule has 1 aliphatic heterocycles. The van der Waals surface area contributed by atoms with Gasteiger partial charge in [0.2, 0.25) is 16.7 Å². The fraction of sp³-hybridized carbons (Fsp3) is 0.250. The first kappa shape index (κ1) is 52.1. The van der Waals surface area contributed by atoms with E-state index in [1.54, 1.807) is 51.5 Å². The number of halogens is 3. The van der Waals surface area contributed by atoms with Gasteiger partial charge in [0.1, 0.15) is 27.7 Å². The lowest BCUT2D eigenvalue weighted by molar-refractivity contribution is -0.139. The van der Waals surface area contributed by atoms with Gasteiger partial charge in [-0.15, -0.1) is 11.8 Å². The van der Waals surface area contributed by atoms with Crippen LogP contribution in [0.4, 0.5) is 26.8 Å². The number of esters is 1. The Morgan fingerprint density at radius 1 is 0.956 bits per heavy atom. The van der Waals surface area contributed by atoms with Crippen molar-refractivity contribution in [1.29, 1.82) is 0 Å². The summed E-state index contributed by atoms with van der Waals surface area (Å²) >= 11 is 14.2. The fourth-order valence-electron chi connectivity index (χ4n) is 5.70. The Morgan fingerprint density at radius 2 is 1.68 bits per heavy atom. The number of sulfonamides is 1. The lowest BCUT2D eigenvalue weighted by Gasteiger charge is -2.15. The quantitative estimate of drug-likeness (QED) is 0.0649. The summed E-state index contributed by atoms with van der Waals surface area (Å²) in [6, 6.07) is 13.1. The number of carbonyl (C=O) groups is 4. The highest BCUT2D eigenvalue weighted by Crippen LogP contribution is 2.33. The van der Waals surface area contributed by atoms with Gasteiger partial charge in [0.05, 0.1) is 35.1 Å². The summed E-state index contributed by atoms with van der Waals surface area (Å²) in [4.78, 5) is 77.2. The Kier molecular flexibility index (Phi) is 18.6. The molecule has 22 nitrogen and oxygen atoms in total. The molecule has 68 heavy (non-hydrogen) atoms. The lowest BCUT2D eigenvalue weighted by atomic mass is 10.2. The summed E-state index contributed by atoms with van der Waals surface area (Å²) < 4.78 is 58.8. The molecule has 6 aromatic rings. The van der Waals surface area contributed by atoms with E-state index in [9.17, 15) is 36.8 Å². The van der Waals surface area contributed by atoms with Gasteiger partial charge >= 0.3 is 34.8 Å². The van der Waals surface area contributed by atoms with Crippen LogP contribution in [0.15, 0.2) is 86.4 Å². The minimum Gasteiger partial charge on any atom is -0.480 e. The van der Waals surface area contributed by atoms with Crippen LogP contribution in [0.25, 0.3) is 10.9 Å². The minimum atomic E-state index is -4.45. The van der Waals surface area contributed by atoms with E-state index < -0.39 is 56.8 Å². The van der Waals surface area contributed by atoms with Crippen molar-refractivity contribution in [2.45, 2.75) is 42.6 Å². The predicted octanol–water partition coefficient (Wildman–Crippen LogP) is 5.67. The zero-order valence-corrected chi connectivity index (χ0v) is 39.7. The number of thioether (sulfide) groups is 1. The number of hydrogen-bond donors (Lipinski definition) is 5. The number of fused-ring (bicyclic) bond motifs is 2. The Labute approximate surface area is 403 Å². The summed E-state index contributed by atoms with van der Waals surface area (Å²) in [7, 11) is -1.63. The highest BCUT2D eigenvalue weighted by molar-refractivity contribution is 8.00. The van der Waals surface area contributed by atoms with Crippen molar-refractivity contribution in [2.24, 2.45) is 4.99 Å². The van der Waals surface area contributed by atoms with E-state index in [0.717, 1.165) is 59.5 Å². The van der Waals surface area contributed by atoms with Crippen LogP contribution >= 0.6 is 46.3 Å². The van der Waals surface area contributed by atoms with Crippen LogP contribution in [0.2, 0.25) is 10.0 Å². The Morgan fingerprint density at radius 3 is 2.37 bits per heavy atom. The number of carbonyl (C=O) groups excluding carboxylic acids is 2. The maximum atomic E-state index is 14.3. The topological polar surface area (TPSA) is 298 Å². The smallest absolute Gasteiger partial charge is 0.341 e. The van der Waals surface area contributed by atoms with Gasteiger partial charge in [0.15, 0.2) is 6.61 Å². The number of amides is 2. The lowest BCUT2D eigenvalue weighted by Crippen LogP contribution is -2.35. The molecule has 0 saturated heterocycles. The van der Waals surface area contributed by atoms with E-state index in [1.807, 2.05) is 0 Å². The number of methoxy groups -OCH3 is 1. The standard InChI is InChI=1S/C15H15ClFN3O3S2.C14H16N6O6S.C11H8ClNO3/c1-23-13(21)8-24-12-7-11(10(17)6-9(12)16)18-14-19-4-2-3-5-20(19)15(22)25-14;1-3-26-14-18-11(15-2)16-12(19-14)17-13(23)20-27(24,25)9-7-5-4-6-8(9)10(21)22;12-8-3-4-9(16-6-10(14)15)11-7(8)2-1-5-13-11/h6-7H,2-5,8H2,1H3;4-7H,3H2,1-2H3,(H,21,22)(H3,15,16,17,18,19,20,23);1-5H,6H2,(H,14,15). The van der Waals surface area contributed by atoms with Crippen molar-refractivity contribution >= 4 is 109 Å². The van der Waals surface area contributed by atoms with Gasteiger partial charge in [0, 0.05) is 36.6 Å². The van der Waals surface area contributed by atoms with E-state index in [4.69, 9.17) is 42.9 Å². The molecule has 3 aromatic heterocycles. The average molecular weight is 1040 g/mol. The molecule has 360 valence electrons. The number of pyridine rings is 1. The molecule has 0 unspecified atom stereocenters. The van der Waals surface area contributed by atoms with Crippen LogP contribution < -0.4 is 34.5 Å². The molecule has 5 N–H and O–H groups in total. The highest BCUT2D eigenvalue weighted by Gasteiger charge is 2.25.